The van der Waals surface area contributed by atoms with Gasteiger partial charge >= 0.3 is 0 Å². The molecule has 3 aromatic carbocycles. The Kier molecular flexibility index (Phi) is 7.77. The molecule has 35 heavy (non-hydrogen) atoms. The van der Waals surface area contributed by atoms with Crippen molar-refractivity contribution in [3.8, 4) is 11.1 Å². The van der Waals surface area contributed by atoms with Crippen LogP contribution in [0.15, 0.2) is 78.9 Å². The summed E-state index contributed by atoms with van der Waals surface area (Å²) in [5, 5.41) is 6.06. The summed E-state index contributed by atoms with van der Waals surface area (Å²) in [6, 6.07) is 25.4. The van der Waals surface area contributed by atoms with Gasteiger partial charge in [0.25, 0.3) is 5.91 Å². The minimum absolute atomic E-state index is 0.0323. The Morgan fingerprint density at radius 2 is 1.40 bits per heavy atom. The number of thiocarbonyl (C=S) groups is 1. The van der Waals surface area contributed by atoms with Gasteiger partial charge in [0.2, 0.25) is 5.91 Å². The monoisotopic (exact) mass is 486 g/mol. The van der Waals surface area contributed by atoms with Crippen molar-refractivity contribution in [2.75, 3.05) is 36.4 Å². The maximum Gasteiger partial charge on any atom is 0.257 e. The predicted molar refractivity (Wildman–Crippen MR) is 146 cm³/mol. The Morgan fingerprint density at radius 3 is 2.00 bits per heavy atom. The van der Waals surface area contributed by atoms with E-state index in [9.17, 15) is 9.59 Å². The van der Waals surface area contributed by atoms with Crippen LogP contribution in [-0.4, -0.2) is 48.0 Å². The Morgan fingerprint density at radius 1 is 0.800 bits per heavy atom. The fourth-order valence-corrected chi connectivity index (χ4v) is 4.30. The Balaban J connectivity index is 1.28. The largest absolute Gasteiger partial charge is 0.368 e. The van der Waals surface area contributed by atoms with Crippen LogP contribution in [0.5, 0.6) is 0 Å². The summed E-state index contributed by atoms with van der Waals surface area (Å²) < 4.78 is 0. The predicted octanol–water partition coefficient (Wildman–Crippen LogP) is 4.79. The van der Waals surface area contributed by atoms with Crippen LogP contribution in [0.25, 0.3) is 11.1 Å². The lowest BCUT2D eigenvalue weighted by molar-refractivity contribution is -0.134. The molecule has 7 heteroatoms. The number of hydrogen-bond donors (Lipinski definition) is 2. The molecule has 0 radical (unpaired) electrons. The molecule has 2 N–H and O–H groups in total. The number of carbonyl (C=O) groups is 2. The molecule has 0 spiro atoms. The van der Waals surface area contributed by atoms with Gasteiger partial charge < -0.3 is 15.1 Å². The number of benzene rings is 3. The van der Waals surface area contributed by atoms with Gasteiger partial charge in [-0.3, -0.25) is 14.9 Å². The molecule has 2 amide bonds. The summed E-state index contributed by atoms with van der Waals surface area (Å²) in [4.78, 5) is 29.0. The first kappa shape index (κ1) is 24.4. The van der Waals surface area contributed by atoms with E-state index in [1.807, 2.05) is 85.5 Å². The maximum absolute atomic E-state index is 12.6. The van der Waals surface area contributed by atoms with E-state index in [1.165, 1.54) is 0 Å². The standard InChI is InChI=1S/C28H30N4O2S/c1-20(2)27(34)32-18-16-31(17-19-32)25-14-12-24(13-15-25)29-28(35)30-26(33)23-10-8-22(9-11-23)21-6-4-3-5-7-21/h3-15,20H,16-19H2,1-2H3,(H2,29,30,33,35). The summed E-state index contributed by atoms with van der Waals surface area (Å²) in [5.74, 6) is -0.00988. The third-order valence-corrected chi connectivity index (χ3v) is 6.26. The molecule has 0 aliphatic carbocycles. The summed E-state index contributed by atoms with van der Waals surface area (Å²) in [5.41, 5.74) is 4.59. The summed E-state index contributed by atoms with van der Waals surface area (Å²) in [7, 11) is 0. The smallest absolute Gasteiger partial charge is 0.257 e. The van der Waals surface area contributed by atoms with Crippen LogP contribution in [0.2, 0.25) is 0 Å². The van der Waals surface area contributed by atoms with Crippen LogP contribution in [-0.2, 0) is 4.79 Å². The minimum atomic E-state index is -0.257. The number of rotatable bonds is 5. The van der Waals surface area contributed by atoms with E-state index in [-0.39, 0.29) is 22.8 Å². The molecule has 180 valence electrons. The first-order valence-electron chi connectivity index (χ1n) is 11.8. The van der Waals surface area contributed by atoms with E-state index in [2.05, 4.69) is 15.5 Å². The fraction of sp³-hybridized carbons (Fsp3) is 0.250. The summed E-state index contributed by atoms with van der Waals surface area (Å²) >= 11 is 5.34. The molecule has 6 nitrogen and oxygen atoms in total. The van der Waals surface area contributed by atoms with E-state index in [0.717, 1.165) is 48.7 Å². The summed E-state index contributed by atoms with van der Waals surface area (Å²) in [6.45, 7) is 6.97. The maximum atomic E-state index is 12.6. The molecule has 0 aromatic heterocycles. The highest BCUT2D eigenvalue weighted by Crippen LogP contribution is 2.21. The normalized spacial score (nSPS) is 13.5. The highest BCUT2D eigenvalue weighted by Gasteiger charge is 2.22. The van der Waals surface area contributed by atoms with E-state index in [0.29, 0.717) is 5.56 Å². The van der Waals surface area contributed by atoms with E-state index in [1.54, 1.807) is 12.1 Å². The van der Waals surface area contributed by atoms with Crippen molar-refractivity contribution in [3.05, 3.63) is 84.4 Å². The van der Waals surface area contributed by atoms with Crippen LogP contribution in [0.4, 0.5) is 11.4 Å². The van der Waals surface area contributed by atoms with Crippen molar-refractivity contribution in [1.82, 2.24) is 10.2 Å². The number of nitrogens with one attached hydrogen (secondary N) is 2. The first-order valence-corrected chi connectivity index (χ1v) is 12.2. The summed E-state index contributed by atoms with van der Waals surface area (Å²) in [6.07, 6.45) is 0. The quantitative estimate of drug-likeness (QED) is 0.508. The number of anilines is 2. The van der Waals surface area contributed by atoms with Crippen molar-refractivity contribution >= 4 is 40.5 Å². The molecular weight excluding hydrogens is 456 g/mol. The van der Waals surface area contributed by atoms with Gasteiger partial charge in [0.05, 0.1) is 0 Å². The number of nitrogens with zero attached hydrogens (tertiary/aromatic N) is 2. The van der Waals surface area contributed by atoms with Gasteiger partial charge in [0.1, 0.15) is 0 Å². The Bertz CT molecular complexity index is 1170. The van der Waals surface area contributed by atoms with Gasteiger partial charge in [-0.1, -0.05) is 56.3 Å². The molecule has 0 atom stereocenters. The fourth-order valence-electron chi connectivity index (χ4n) is 4.09. The highest BCUT2D eigenvalue weighted by molar-refractivity contribution is 7.80. The van der Waals surface area contributed by atoms with Crippen molar-refractivity contribution in [2.45, 2.75) is 13.8 Å². The van der Waals surface area contributed by atoms with Gasteiger partial charge in [-0.05, 0) is 59.7 Å². The average molecular weight is 487 g/mol. The third kappa shape index (κ3) is 6.25. The zero-order valence-corrected chi connectivity index (χ0v) is 20.8. The third-order valence-electron chi connectivity index (χ3n) is 6.06. The molecule has 1 saturated heterocycles. The minimum Gasteiger partial charge on any atom is -0.368 e. The number of carbonyl (C=O) groups excluding carboxylic acids is 2. The number of hydrogen-bond acceptors (Lipinski definition) is 4. The van der Waals surface area contributed by atoms with Gasteiger partial charge in [-0.2, -0.15) is 0 Å². The van der Waals surface area contributed by atoms with Crippen molar-refractivity contribution < 1.29 is 9.59 Å². The lowest BCUT2D eigenvalue weighted by atomic mass is 10.0. The molecular formula is C28H30N4O2S. The first-order chi connectivity index (χ1) is 16.9. The zero-order valence-electron chi connectivity index (χ0n) is 20.0. The second kappa shape index (κ2) is 11.1. The highest BCUT2D eigenvalue weighted by atomic mass is 32.1. The average Bonchev–Trinajstić information content (AvgIpc) is 2.89. The molecule has 0 unspecified atom stereocenters. The van der Waals surface area contributed by atoms with Crippen molar-refractivity contribution in [1.29, 1.82) is 0 Å². The molecule has 3 aromatic rings. The van der Waals surface area contributed by atoms with Crippen LogP contribution in [0.3, 0.4) is 0 Å². The Labute approximate surface area is 211 Å². The van der Waals surface area contributed by atoms with Crippen molar-refractivity contribution in [2.24, 2.45) is 5.92 Å². The zero-order chi connectivity index (χ0) is 24.8. The van der Waals surface area contributed by atoms with Gasteiger partial charge in [0, 0.05) is 49.0 Å². The molecule has 4 rings (SSSR count). The van der Waals surface area contributed by atoms with Crippen molar-refractivity contribution in [3.63, 3.8) is 0 Å². The van der Waals surface area contributed by atoms with E-state index >= 15 is 0 Å². The van der Waals surface area contributed by atoms with E-state index < -0.39 is 0 Å². The van der Waals surface area contributed by atoms with Crippen LogP contribution in [0, 0.1) is 5.92 Å². The van der Waals surface area contributed by atoms with Gasteiger partial charge in [-0.25, -0.2) is 0 Å². The van der Waals surface area contributed by atoms with Crippen LogP contribution < -0.4 is 15.5 Å². The molecule has 1 aliphatic rings. The lowest BCUT2D eigenvalue weighted by Gasteiger charge is -2.37. The molecule has 1 heterocycles. The lowest BCUT2D eigenvalue weighted by Crippen LogP contribution is -2.49. The molecule has 0 saturated carbocycles. The second-order valence-corrected chi connectivity index (χ2v) is 9.27. The molecule has 1 fully saturated rings. The van der Waals surface area contributed by atoms with Gasteiger partial charge in [0.15, 0.2) is 5.11 Å². The van der Waals surface area contributed by atoms with Crippen LogP contribution >= 0.6 is 12.2 Å². The molecule has 0 bridgehead atoms. The van der Waals surface area contributed by atoms with Crippen LogP contribution in [0.1, 0.15) is 24.2 Å². The number of piperazine rings is 1. The molecule has 1 aliphatic heterocycles. The number of amides is 2. The van der Waals surface area contributed by atoms with Gasteiger partial charge in [-0.15, -0.1) is 0 Å². The second-order valence-electron chi connectivity index (χ2n) is 8.87. The Hall–Kier alpha value is -3.71. The van der Waals surface area contributed by atoms with E-state index in [4.69, 9.17) is 12.2 Å². The SMILES string of the molecule is CC(C)C(=O)N1CCN(c2ccc(NC(=S)NC(=O)c3ccc(-c4ccccc4)cc3)cc2)CC1. The topological polar surface area (TPSA) is 64.7 Å².